The number of hydrogen-bond acceptors (Lipinski definition) is 7. The lowest BCUT2D eigenvalue weighted by molar-refractivity contribution is 0.606. The first-order valence-corrected chi connectivity index (χ1v) is 14.3. The lowest BCUT2D eigenvalue weighted by Crippen LogP contribution is -2.10. The summed E-state index contributed by atoms with van der Waals surface area (Å²) < 4.78 is 41.3. The van der Waals surface area contributed by atoms with Crippen molar-refractivity contribution in [1.29, 1.82) is 0 Å². The lowest BCUT2D eigenvalue weighted by Gasteiger charge is -2.11. The van der Waals surface area contributed by atoms with Crippen molar-refractivity contribution in [3.8, 4) is 11.1 Å². The summed E-state index contributed by atoms with van der Waals surface area (Å²) in [6.45, 7) is 0.453. The van der Waals surface area contributed by atoms with Crippen molar-refractivity contribution in [3.05, 3.63) is 102 Å². The van der Waals surface area contributed by atoms with Crippen LogP contribution >= 0.6 is 11.6 Å². The van der Waals surface area contributed by atoms with Gasteiger partial charge in [-0.1, -0.05) is 29.8 Å². The Hall–Kier alpha value is -4.61. The third-order valence-corrected chi connectivity index (χ3v) is 7.12. The highest BCUT2D eigenvalue weighted by Gasteiger charge is 2.12. The van der Waals surface area contributed by atoms with E-state index < -0.39 is 10.0 Å². The van der Waals surface area contributed by atoms with Crippen LogP contribution in [-0.4, -0.2) is 39.4 Å². The van der Waals surface area contributed by atoms with Gasteiger partial charge in [-0.15, -0.1) is 0 Å². The van der Waals surface area contributed by atoms with Gasteiger partial charge in [0, 0.05) is 28.2 Å². The van der Waals surface area contributed by atoms with Crippen molar-refractivity contribution in [2.75, 3.05) is 16.3 Å². The van der Waals surface area contributed by atoms with Gasteiger partial charge in [0.25, 0.3) is 0 Å². The van der Waals surface area contributed by atoms with Crippen LogP contribution in [-0.2, 0) is 16.6 Å². The first kappa shape index (κ1) is 25.7. The number of fused-ring (bicyclic) bond motifs is 2. The van der Waals surface area contributed by atoms with Crippen LogP contribution in [0.3, 0.4) is 0 Å². The van der Waals surface area contributed by atoms with E-state index in [1.807, 2.05) is 47.1 Å². The molecule has 0 spiro atoms. The molecule has 40 heavy (non-hydrogen) atoms. The second-order valence-electron chi connectivity index (χ2n) is 9.22. The SMILES string of the molecule is CS(=O)(=O)Nc1cc(-c2ccc3ncnc(Nc4ccc5c(cnn5Cc5cccc(F)c5)c4)c3c2)cnc1Cl. The number of aromatic nitrogens is 5. The average molecular weight is 574 g/mol. The minimum atomic E-state index is -3.53. The second-order valence-corrected chi connectivity index (χ2v) is 11.3. The van der Waals surface area contributed by atoms with Crippen molar-refractivity contribution in [1.82, 2.24) is 24.7 Å². The second kappa shape index (κ2) is 10.2. The molecule has 3 heterocycles. The quantitative estimate of drug-likeness (QED) is 0.225. The summed E-state index contributed by atoms with van der Waals surface area (Å²) in [5.74, 6) is 0.314. The van der Waals surface area contributed by atoms with E-state index in [0.717, 1.165) is 44.9 Å². The first-order valence-electron chi connectivity index (χ1n) is 12.1. The summed E-state index contributed by atoms with van der Waals surface area (Å²) in [5.41, 5.74) is 4.90. The summed E-state index contributed by atoms with van der Waals surface area (Å²) in [6.07, 6.45) is 5.88. The number of sulfonamides is 1. The molecule has 6 rings (SSSR count). The molecule has 0 atom stereocenters. The first-order chi connectivity index (χ1) is 19.2. The Bertz CT molecular complexity index is 2010. The molecule has 200 valence electrons. The number of hydrogen-bond donors (Lipinski definition) is 2. The zero-order valence-electron chi connectivity index (χ0n) is 21.0. The lowest BCUT2D eigenvalue weighted by atomic mass is 10.0. The molecule has 0 amide bonds. The van der Waals surface area contributed by atoms with Gasteiger partial charge in [-0.25, -0.2) is 27.8 Å². The number of nitrogens with one attached hydrogen (secondary N) is 2. The van der Waals surface area contributed by atoms with Crippen molar-refractivity contribution in [3.63, 3.8) is 0 Å². The summed E-state index contributed by atoms with van der Waals surface area (Å²) in [5, 5.41) is 9.58. The topological polar surface area (TPSA) is 115 Å². The summed E-state index contributed by atoms with van der Waals surface area (Å²) in [7, 11) is -3.53. The van der Waals surface area contributed by atoms with Crippen LogP contribution < -0.4 is 10.0 Å². The summed E-state index contributed by atoms with van der Waals surface area (Å²) in [6, 6.07) is 19.6. The Balaban J connectivity index is 1.31. The zero-order chi connectivity index (χ0) is 27.9. The largest absolute Gasteiger partial charge is 0.340 e. The van der Waals surface area contributed by atoms with Gasteiger partial charge in [-0.05, 0) is 59.7 Å². The molecular weight excluding hydrogens is 553 g/mol. The molecule has 2 N–H and O–H groups in total. The van der Waals surface area contributed by atoms with Crippen LogP contribution in [0.15, 0.2) is 85.5 Å². The van der Waals surface area contributed by atoms with E-state index in [1.54, 1.807) is 24.5 Å². The molecule has 0 saturated heterocycles. The van der Waals surface area contributed by atoms with E-state index in [1.165, 1.54) is 18.5 Å². The fourth-order valence-corrected chi connectivity index (χ4v) is 5.21. The van der Waals surface area contributed by atoms with Crippen molar-refractivity contribution in [2.45, 2.75) is 6.54 Å². The molecule has 6 aromatic rings. The highest BCUT2D eigenvalue weighted by atomic mass is 35.5. The van der Waals surface area contributed by atoms with Crippen LogP contribution in [0.2, 0.25) is 5.15 Å². The van der Waals surface area contributed by atoms with Crippen LogP contribution in [0.25, 0.3) is 32.9 Å². The fourth-order valence-electron chi connectivity index (χ4n) is 4.45. The molecule has 9 nitrogen and oxygen atoms in total. The van der Waals surface area contributed by atoms with Crippen molar-refractivity contribution < 1.29 is 12.8 Å². The normalized spacial score (nSPS) is 11.7. The highest BCUT2D eigenvalue weighted by Crippen LogP contribution is 2.32. The fraction of sp³-hybridized carbons (Fsp3) is 0.0714. The minimum Gasteiger partial charge on any atom is -0.340 e. The Morgan fingerprint density at radius 3 is 2.65 bits per heavy atom. The van der Waals surface area contributed by atoms with Gasteiger partial charge in [-0.3, -0.25) is 9.40 Å². The molecule has 0 radical (unpaired) electrons. The number of rotatable bonds is 7. The summed E-state index contributed by atoms with van der Waals surface area (Å²) >= 11 is 6.10. The Kier molecular flexibility index (Phi) is 6.53. The molecule has 0 aliphatic rings. The van der Waals surface area contributed by atoms with Gasteiger partial charge < -0.3 is 5.32 Å². The van der Waals surface area contributed by atoms with E-state index in [-0.39, 0.29) is 16.7 Å². The zero-order valence-corrected chi connectivity index (χ0v) is 22.6. The number of nitrogens with zero attached hydrogens (tertiary/aromatic N) is 5. The molecule has 0 bridgehead atoms. The summed E-state index contributed by atoms with van der Waals surface area (Å²) in [4.78, 5) is 13.0. The van der Waals surface area contributed by atoms with Gasteiger partial charge in [0.05, 0.1) is 35.7 Å². The van der Waals surface area contributed by atoms with E-state index in [0.29, 0.717) is 17.9 Å². The Morgan fingerprint density at radius 2 is 1.82 bits per heavy atom. The maximum Gasteiger partial charge on any atom is 0.229 e. The molecular formula is C28H21ClFN7O2S. The molecule has 3 aromatic carbocycles. The molecule has 0 aliphatic carbocycles. The third kappa shape index (κ3) is 5.42. The van der Waals surface area contributed by atoms with E-state index >= 15 is 0 Å². The maximum absolute atomic E-state index is 13.6. The number of benzene rings is 3. The molecule has 12 heteroatoms. The smallest absolute Gasteiger partial charge is 0.229 e. The molecule has 3 aromatic heterocycles. The number of anilines is 3. The Labute approximate surface area is 233 Å². The van der Waals surface area contributed by atoms with E-state index in [4.69, 9.17) is 11.6 Å². The van der Waals surface area contributed by atoms with Crippen LogP contribution in [0.1, 0.15) is 5.56 Å². The molecule has 0 fully saturated rings. The number of halogens is 2. The van der Waals surface area contributed by atoms with Gasteiger partial charge >= 0.3 is 0 Å². The van der Waals surface area contributed by atoms with E-state index in [2.05, 4.69) is 30.1 Å². The predicted octanol–water partition coefficient (Wildman–Crippen LogP) is 6.00. The van der Waals surface area contributed by atoms with Crippen molar-refractivity contribution in [2.24, 2.45) is 0 Å². The molecule has 0 aliphatic heterocycles. The van der Waals surface area contributed by atoms with Crippen molar-refractivity contribution >= 4 is 60.6 Å². The van der Waals surface area contributed by atoms with Gasteiger partial charge in [0.2, 0.25) is 10.0 Å². The minimum absolute atomic E-state index is 0.0512. The Morgan fingerprint density at radius 1 is 0.950 bits per heavy atom. The molecule has 0 saturated carbocycles. The van der Waals surface area contributed by atoms with E-state index in [9.17, 15) is 12.8 Å². The van der Waals surface area contributed by atoms with Gasteiger partial charge in [-0.2, -0.15) is 5.10 Å². The van der Waals surface area contributed by atoms with Crippen LogP contribution in [0.4, 0.5) is 21.6 Å². The van der Waals surface area contributed by atoms with Gasteiger partial charge in [0.15, 0.2) is 5.15 Å². The van der Waals surface area contributed by atoms with Crippen LogP contribution in [0, 0.1) is 5.82 Å². The standard InChI is InChI=1S/C28H21ClFN7O2S/c1-40(38,39)36-25-12-19(13-31-27(25)29)18-5-7-24-23(11-18)28(33-16-32-24)35-22-6-8-26-20(10-22)14-34-37(26)15-17-3-2-4-21(30)9-17/h2-14,16,36H,15H2,1H3,(H,32,33,35). The average Bonchev–Trinajstić information content (AvgIpc) is 3.31. The molecule has 0 unspecified atom stereocenters. The third-order valence-electron chi connectivity index (χ3n) is 6.23. The predicted molar refractivity (Wildman–Crippen MR) is 155 cm³/mol. The highest BCUT2D eigenvalue weighted by molar-refractivity contribution is 7.92. The monoisotopic (exact) mass is 573 g/mol. The number of pyridine rings is 1. The maximum atomic E-state index is 13.6. The van der Waals surface area contributed by atoms with Crippen LogP contribution in [0.5, 0.6) is 0 Å². The van der Waals surface area contributed by atoms with Gasteiger partial charge in [0.1, 0.15) is 18.0 Å².